The Balaban J connectivity index is 2.12. The molecule has 1 N–H and O–H groups in total. The van der Waals surface area contributed by atoms with Gasteiger partial charge in [0, 0.05) is 10.6 Å². The minimum absolute atomic E-state index is 0.359. The summed E-state index contributed by atoms with van der Waals surface area (Å²) in [6.07, 6.45) is 0. The predicted octanol–water partition coefficient (Wildman–Crippen LogP) is 3.69. The molecule has 98 valence electrons. The second-order valence-corrected chi connectivity index (χ2v) is 4.98. The van der Waals surface area contributed by atoms with Crippen LogP contribution in [0.25, 0.3) is 0 Å². The normalized spacial score (nSPS) is 10.2. The van der Waals surface area contributed by atoms with Crippen molar-refractivity contribution in [2.24, 2.45) is 0 Å². The number of thioether (sulfide) groups is 1. The minimum atomic E-state index is -0.887. The summed E-state index contributed by atoms with van der Waals surface area (Å²) in [4.78, 5) is 12.2. The van der Waals surface area contributed by atoms with Crippen LogP contribution in [0.5, 0.6) is 5.75 Å². The van der Waals surface area contributed by atoms with Crippen molar-refractivity contribution in [3.63, 3.8) is 0 Å². The van der Waals surface area contributed by atoms with Crippen molar-refractivity contribution in [2.75, 3.05) is 7.11 Å². The molecule has 2 aromatic rings. The zero-order valence-electron chi connectivity index (χ0n) is 10.5. The molecular formula is C15H14O3S. The van der Waals surface area contributed by atoms with Gasteiger partial charge in [0.1, 0.15) is 5.75 Å². The number of ether oxygens (including phenoxy) is 1. The van der Waals surface area contributed by atoms with Crippen LogP contribution in [-0.4, -0.2) is 18.2 Å². The first-order valence-electron chi connectivity index (χ1n) is 5.79. The van der Waals surface area contributed by atoms with Gasteiger partial charge in [-0.2, -0.15) is 0 Å². The summed E-state index contributed by atoms with van der Waals surface area (Å²) < 4.78 is 5.16. The maximum absolute atomic E-state index is 11.1. The maximum Gasteiger partial charge on any atom is 0.335 e. The van der Waals surface area contributed by atoms with Crippen LogP contribution in [0.2, 0.25) is 0 Å². The fourth-order valence-corrected chi connectivity index (χ4v) is 2.66. The Hall–Kier alpha value is -1.94. The molecule has 0 aliphatic heterocycles. The molecule has 0 aliphatic carbocycles. The summed E-state index contributed by atoms with van der Waals surface area (Å²) in [5.74, 6) is 0.536. The summed E-state index contributed by atoms with van der Waals surface area (Å²) in [7, 11) is 1.63. The van der Waals surface area contributed by atoms with E-state index in [1.54, 1.807) is 31.0 Å². The Morgan fingerprint density at radius 3 is 2.74 bits per heavy atom. The Bertz CT molecular complexity index is 581. The van der Waals surface area contributed by atoms with Gasteiger partial charge >= 0.3 is 5.97 Å². The summed E-state index contributed by atoms with van der Waals surface area (Å²) >= 11 is 1.59. The van der Waals surface area contributed by atoms with Crippen LogP contribution in [0.4, 0.5) is 0 Å². The van der Waals surface area contributed by atoms with E-state index >= 15 is 0 Å². The standard InChI is InChI=1S/C15H14O3S/c1-18-12-6-4-7-13(9-12)19-10-11-5-2-3-8-14(11)15(16)17/h2-9H,10H2,1H3,(H,16,17). The first-order chi connectivity index (χ1) is 9.20. The van der Waals surface area contributed by atoms with Gasteiger partial charge in [0.25, 0.3) is 0 Å². The maximum atomic E-state index is 11.1. The highest BCUT2D eigenvalue weighted by molar-refractivity contribution is 7.98. The SMILES string of the molecule is COc1cccc(SCc2ccccc2C(=O)O)c1. The number of carboxylic acid groups (broad SMARTS) is 1. The fourth-order valence-electron chi connectivity index (χ4n) is 1.71. The fraction of sp³-hybridized carbons (Fsp3) is 0.133. The van der Waals surface area contributed by atoms with Crippen LogP contribution >= 0.6 is 11.8 Å². The van der Waals surface area contributed by atoms with E-state index in [9.17, 15) is 4.79 Å². The molecule has 3 nitrogen and oxygen atoms in total. The highest BCUT2D eigenvalue weighted by atomic mass is 32.2. The molecule has 0 bridgehead atoms. The summed E-state index contributed by atoms with van der Waals surface area (Å²) in [5, 5.41) is 9.12. The van der Waals surface area contributed by atoms with E-state index in [-0.39, 0.29) is 0 Å². The molecule has 4 heteroatoms. The molecule has 19 heavy (non-hydrogen) atoms. The summed E-state index contributed by atoms with van der Waals surface area (Å²) in [5.41, 5.74) is 1.18. The third kappa shape index (κ3) is 3.51. The van der Waals surface area contributed by atoms with Gasteiger partial charge in [-0.05, 0) is 29.8 Å². The van der Waals surface area contributed by atoms with Gasteiger partial charge in [-0.25, -0.2) is 4.79 Å². The second kappa shape index (κ2) is 6.29. The van der Waals surface area contributed by atoms with Gasteiger partial charge in [0.15, 0.2) is 0 Å². The lowest BCUT2D eigenvalue weighted by Gasteiger charge is -2.07. The molecule has 0 saturated heterocycles. The van der Waals surface area contributed by atoms with Crippen LogP contribution < -0.4 is 4.74 Å². The first-order valence-corrected chi connectivity index (χ1v) is 6.77. The Labute approximate surface area is 116 Å². The number of rotatable bonds is 5. The van der Waals surface area contributed by atoms with Crippen LogP contribution in [-0.2, 0) is 5.75 Å². The van der Waals surface area contributed by atoms with E-state index in [4.69, 9.17) is 9.84 Å². The van der Waals surface area contributed by atoms with Gasteiger partial charge in [-0.3, -0.25) is 0 Å². The largest absolute Gasteiger partial charge is 0.497 e. The molecule has 0 amide bonds. The second-order valence-electron chi connectivity index (χ2n) is 3.93. The van der Waals surface area contributed by atoms with Gasteiger partial charge in [-0.15, -0.1) is 11.8 Å². The number of methoxy groups -OCH3 is 1. The van der Waals surface area contributed by atoms with Crippen LogP contribution in [0.3, 0.4) is 0 Å². The number of hydrogen-bond acceptors (Lipinski definition) is 3. The van der Waals surface area contributed by atoms with Crippen LogP contribution in [0.15, 0.2) is 53.4 Å². The Morgan fingerprint density at radius 1 is 1.21 bits per heavy atom. The molecule has 2 rings (SSSR count). The molecule has 0 saturated carbocycles. The zero-order valence-corrected chi connectivity index (χ0v) is 11.3. The molecule has 0 atom stereocenters. The van der Waals surface area contributed by atoms with Gasteiger partial charge < -0.3 is 9.84 Å². The van der Waals surface area contributed by atoms with E-state index in [0.717, 1.165) is 16.2 Å². The lowest BCUT2D eigenvalue weighted by atomic mass is 10.1. The van der Waals surface area contributed by atoms with Crippen molar-refractivity contribution in [1.82, 2.24) is 0 Å². The van der Waals surface area contributed by atoms with Crippen molar-refractivity contribution >= 4 is 17.7 Å². The Morgan fingerprint density at radius 2 is 2.00 bits per heavy atom. The molecule has 2 aromatic carbocycles. The molecule has 0 spiro atoms. The highest BCUT2D eigenvalue weighted by Crippen LogP contribution is 2.27. The topological polar surface area (TPSA) is 46.5 Å². The number of carboxylic acids is 1. The number of carbonyl (C=O) groups is 1. The van der Waals surface area contributed by atoms with Crippen molar-refractivity contribution in [3.05, 3.63) is 59.7 Å². The summed E-state index contributed by atoms with van der Waals surface area (Å²) in [6, 6.07) is 14.8. The van der Waals surface area contributed by atoms with Crippen molar-refractivity contribution in [3.8, 4) is 5.75 Å². The van der Waals surface area contributed by atoms with E-state index in [2.05, 4.69) is 0 Å². The number of aromatic carboxylic acids is 1. The smallest absolute Gasteiger partial charge is 0.335 e. The zero-order chi connectivity index (χ0) is 13.7. The molecule has 0 aromatic heterocycles. The molecular weight excluding hydrogens is 260 g/mol. The molecule has 0 heterocycles. The third-order valence-corrected chi connectivity index (χ3v) is 3.73. The molecule has 0 aliphatic rings. The monoisotopic (exact) mass is 274 g/mol. The lowest BCUT2D eigenvalue weighted by Crippen LogP contribution is -2.00. The lowest BCUT2D eigenvalue weighted by molar-refractivity contribution is 0.0696. The number of benzene rings is 2. The van der Waals surface area contributed by atoms with Crippen LogP contribution in [0, 0.1) is 0 Å². The van der Waals surface area contributed by atoms with Crippen molar-refractivity contribution in [1.29, 1.82) is 0 Å². The summed E-state index contributed by atoms with van der Waals surface area (Å²) in [6.45, 7) is 0. The van der Waals surface area contributed by atoms with Gasteiger partial charge in [0.2, 0.25) is 0 Å². The first kappa shape index (κ1) is 13.5. The highest BCUT2D eigenvalue weighted by Gasteiger charge is 2.09. The van der Waals surface area contributed by atoms with Gasteiger partial charge in [0.05, 0.1) is 12.7 Å². The average molecular weight is 274 g/mol. The molecule has 0 fully saturated rings. The van der Waals surface area contributed by atoms with E-state index < -0.39 is 5.97 Å². The van der Waals surface area contributed by atoms with E-state index in [1.165, 1.54) is 0 Å². The molecule has 0 unspecified atom stereocenters. The Kier molecular flexibility index (Phi) is 4.47. The van der Waals surface area contributed by atoms with Crippen LogP contribution in [0.1, 0.15) is 15.9 Å². The molecule has 0 radical (unpaired) electrons. The average Bonchev–Trinajstić information content (AvgIpc) is 2.45. The van der Waals surface area contributed by atoms with Crippen molar-refractivity contribution in [2.45, 2.75) is 10.6 Å². The third-order valence-electron chi connectivity index (χ3n) is 2.68. The van der Waals surface area contributed by atoms with Crippen molar-refractivity contribution < 1.29 is 14.6 Å². The van der Waals surface area contributed by atoms with E-state index in [1.807, 2.05) is 36.4 Å². The minimum Gasteiger partial charge on any atom is -0.497 e. The van der Waals surface area contributed by atoms with Gasteiger partial charge in [-0.1, -0.05) is 24.3 Å². The predicted molar refractivity (Wildman–Crippen MR) is 76.0 cm³/mol. The number of hydrogen-bond donors (Lipinski definition) is 1. The van der Waals surface area contributed by atoms with E-state index in [0.29, 0.717) is 11.3 Å². The quantitative estimate of drug-likeness (QED) is 0.845.